The summed E-state index contributed by atoms with van der Waals surface area (Å²) in [7, 11) is 1.63. The molecular weight excluding hydrogens is 246 g/mol. The maximum Gasteiger partial charge on any atom is 0.235 e. The van der Waals surface area contributed by atoms with E-state index >= 15 is 0 Å². The zero-order valence-corrected chi connectivity index (χ0v) is 11.1. The molecule has 1 aliphatic carbocycles. The summed E-state index contributed by atoms with van der Waals surface area (Å²) in [5.74, 6) is 1.43. The molecule has 0 N–H and O–H groups in total. The fourth-order valence-corrected chi connectivity index (χ4v) is 2.53. The molecule has 0 saturated heterocycles. The number of nitrogens with zero attached hydrogens (tertiary/aromatic N) is 1. The van der Waals surface area contributed by atoms with Gasteiger partial charge in [0.25, 0.3) is 0 Å². The third kappa shape index (κ3) is 2.70. The predicted molar refractivity (Wildman–Crippen MR) is 72.2 cm³/mol. The lowest BCUT2D eigenvalue weighted by molar-refractivity contribution is -0.400. The van der Waals surface area contributed by atoms with Gasteiger partial charge in [0, 0.05) is 11.6 Å². The molecule has 0 radical (unpaired) electrons. The molecular formula is C14H17NO4. The van der Waals surface area contributed by atoms with Crippen molar-refractivity contribution in [1.82, 2.24) is 0 Å². The average Bonchev–Trinajstić information content (AvgIpc) is 2.85. The van der Waals surface area contributed by atoms with Gasteiger partial charge in [-0.15, -0.1) is 0 Å². The molecule has 1 aliphatic rings. The molecule has 0 spiro atoms. The van der Waals surface area contributed by atoms with Gasteiger partial charge in [0.2, 0.25) is 6.20 Å². The Bertz CT molecular complexity index is 523. The third-order valence-electron chi connectivity index (χ3n) is 3.23. The molecule has 5 nitrogen and oxygen atoms in total. The molecule has 0 amide bonds. The molecule has 0 atom stereocenters. The molecule has 19 heavy (non-hydrogen) atoms. The summed E-state index contributed by atoms with van der Waals surface area (Å²) >= 11 is 0. The average molecular weight is 263 g/mol. The van der Waals surface area contributed by atoms with Crippen molar-refractivity contribution < 1.29 is 14.4 Å². The molecule has 0 fully saturated rings. The number of nitro groups is 1. The molecule has 1 aromatic carbocycles. The smallest absolute Gasteiger partial charge is 0.235 e. The number of hydrogen-bond donors (Lipinski definition) is 0. The quantitative estimate of drug-likeness (QED) is 0.605. The van der Waals surface area contributed by atoms with Crippen LogP contribution in [0.4, 0.5) is 0 Å². The molecule has 1 aromatic rings. The highest BCUT2D eigenvalue weighted by Crippen LogP contribution is 2.41. The second kappa shape index (κ2) is 5.73. The van der Waals surface area contributed by atoms with Crippen molar-refractivity contribution in [2.24, 2.45) is 0 Å². The summed E-state index contributed by atoms with van der Waals surface area (Å²) in [6.45, 7) is 2.44. The molecule has 0 heterocycles. The summed E-state index contributed by atoms with van der Waals surface area (Å²) in [5.41, 5.74) is 3.11. The van der Waals surface area contributed by atoms with Crippen LogP contribution in [0.25, 0.3) is 6.08 Å². The van der Waals surface area contributed by atoms with Crippen LogP contribution in [-0.4, -0.2) is 18.6 Å². The van der Waals surface area contributed by atoms with E-state index in [2.05, 4.69) is 0 Å². The highest BCUT2D eigenvalue weighted by Gasteiger charge is 2.22. The first-order valence-corrected chi connectivity index (χ1v) is 6.34. The number of methoxy groups -OCH3 is 1. The van der Waals surface area contributed by atoms with E-state index in [9.17, 15) is 10.1 Å². The van der Waals surface area contributed by atoms with Crippen LogP contribution in [0.15, 0.2) is 12.3 Å². The SMILES string of the molecule is CCOc1cc(C=C[N+](=O)[O-])c2c(c1OC)CCC2. The summed E-state index contributed by atoms with van der Waals surface area (Å²) in [6.07, 6.45) is 5.40. The van der Waals surface area contributed by atoms with Gasteiger partial charge in [-0.25, -0.2) is 0 Å². The first-order chi connectivity index (χ1) is 9.17. The van der Waals surface area contributed by atoms with Crippen molar-refractivity contribution in [3.63, 3.8) is 0 Å². The standard InChI is InChI=1S/C14H17NO4/c1-3-19-13-9-10(7-8-15(16)17)11-5-4-6-12(11)14(13)18-2/h7-9H,3-6H2,1-2H3. The van der Waals surface area contributed by atoms with Crippen molar-refractivity contribution >= 4 is 6.08 Å². The number of benzene rings is 1. The minimum absolute atomic E-state index is 0.452. The Morgan fingerprint density at radius 1 is 1.42 bits per heavy atom. The van der Waals surface area contributed by atoms with Crippen LogP contribution in [-0.2, 0) is 12.8 Å². The fourth-order valence-electron chi connectivity index (χ4n) is 2.53. The first kappa shape index (κ1) is 13.4. The lowest BCUT2D eigenvalue weighted by atomic mass is 10.0. The van der Waals surface area contributed by atoms with Crippen molar-refractivity contribution in [3.05, 3.63) is 39.1 Å². The molecule has 0 aromatic heterocycles. The van der Waals surface area contributed by atoms with Crippen molar-refractivity contribution in [3.8, 4) is 11.5 Å². The van der Waals surface area contributed by atoms with E-state index in [1.807, 2.05) is 13.0 Å². The Morgan fingerprint density at radius 3 is 2.79 bits per heavy atom. The minimum atomic E-state index is -0.452. The number of ether oxygens (including phenoxy) is 2. The number of hydrogen-bond acceptors (Lipinski definition) is 4. The van der Waals surface area contributed by atoms with E-state index in [-0.39, 0.29) is 0 Å². The molecule has 0 unspecified atom stereocenters. The van der Waals surface area contributed by atoms with Crippen LogP contribution in [0.1, 0.15) is 30.0 Å². The Balaban J connectivity index is 2.52. The molecule has 5 heteroatoms. The molecule has 2 rings (SSSR count). The lowest BCUT2D eigenvalue weighted by Crippen LogP contribution is -2.01. The van der Waals surface area contributed by atoms with E-state index in [1.165, 1.54) is 6.08 Å². The van der Waals surface area contributed by atoms with Gasteiger partial charge in [0.15, 0.2) is 11.5 Å². The monoisotopic (exact) mass is 263 g/mol. The molecule has 0 saturated carbocycles. The number of rotatable bonds is 5. The van der Waals surface area contributed by atoms with Crippen LogP contribution in [0.3, 0.4) is 0 Å². The van der Waals surface area contributed by atoms with Gasteiger partial charge < -0.3 is 9.47 Å². The van der Waals surface area contributed by atoms with Gasteiger partial charge in [0.05, 0.1) is 18.6 Å². The van der Waals surface area contributed by atoms with Crippen molar-refractivity contribution in [1.29, 1.82) is 0 Å². The summed E-state index contributed by atoms with van der Waals surface area (Å²) in [5, 5.41) is 10.5. The number of fused-ring (bicyclic) bond motifs is 1. The topological polar surface area (TPSA) is 61.6 Å². The van der Waals surface area contributed by atoms with Gasteiger partial charge in [-0.05, 0) is 43.4 Å². The largest absolute Gasteiger partial charge is 0.493 e. The minimum Gasteiger partial charge on any atom is -0.493 e. The summed E-state index contributed by atoms with van der Waals surface area (Å²) in [6, 6.07) is 1.83. The fraction of sp³-hybridized carbons (Fsp3) is 0.429. The predicted octanol–water partition coefficient (Wildman–Crippen LogP) is 2.83. The van der Waals surface area contributed by atoms with Gasteiger partial charge in [-0.2, -0.15) is 0 Å². The Hall–Kier alpha value is -2.04. The highest BCUT2D eigenvalue weighted by atomic mass is 16.6. The Kier molecular flexibility index (Phi) is 4.04. The van der Waals surface area contributed by atoms with Crippen LogP contribution in [0.5, 0.6) is 11.5 Å². The summed E-state index contributed by atoms with van der Waals surface area (Å²) < 4.78 is 11.0. The van der Waals surface area contributed by atoms with Gasteiger partial charge in [-0.1, -0.05) is 0 Å². The van der Waals surface area contributed by atoms with Crippen molar-refractivity contribution in [2.75, 3.05) is 13.7 Å². The molecule has 102 valence electrons. The maximum absolute atomic E-state index is 10.5. The summed E-state index contributed by atoms with van der Waals surface area (Å²) in [4.78, 5) is 10.0. The van der Waals surface area contributed by atoms with Gasteiger partial charge in [0.1, 0.15) is 0 Å². The lowest BCUT2D eigenvalue weighted by Gasteiger charge is -2.15. The second-order valence-corrected chi connectivity index (χ2v) is 4.34. The van der Waals surface area contributed by atoms with Crippen molar-refractivity contribution in [2.45, 2.75) is 26.2 Å². The van der Waals surface area contributed by atoms with E-state index in [0.717, 1.165) is 47.9 Å². The van der Waals surface area contributed by atoms with E-state index in [0.29, 0.717) is 12.4 Å². The van der Waals surface area contributed by atoms with E-state index in [4.69, 9.17) is 9.47 Å². The van der Waals surface area contributed by atoms with Crippen LogP contribution in [0.2, 0.25) is 0 Å². The van der Waals surface area contributed by atoms with E-state index < -0.39 is 4.92 Å². The first-order valence-electron chi connectivity index (χ1n) is 6.34. The Morgan fingerprint density at radius 2 is 2.16 bits per heavy atom. The molecule has 0 aliphatic heterocycles. The van der Waals surface area contributed by atoms with Crippen LogP contribution >= 0.6 is 0 Å². The zero-order valence-electron chi connectivity index (χ0n) is 11.1. The second-order valence-electron chi connectivity index (χ2n) is 4.34. The highest BCUT2D eigenvalue weighted by molar-refractivity contribution is 5.65. The van der Waals surface area contributed by atoms with E-state index in [1.54, 1.807) is 7.11 Å². The van der Waals surface area contributed by atoms with Gasteiger partial charge in [-0.3, -0.25) is 10.1 Å². The molecule has 0 bridgehead atoms. The normalized spacial score (nSPS) is 13.6. The third-order valence-corrected chi connectivity index (χ3v) is 3.23. The van der Waals surface area contributed by atoms with Gasteiger partial charge >= 0.3 is 0 Å². The van der Waals surface area contributed by atoms with Crippen LogP contribution < -0.4 is 9.47 Å². The Labute approximate surface area is 112 Å². The van der Waals surface area contributed by atoms with Crippen LogP contribution in [0, 0.1) is 10.1 Å². The maximum atomic E-state index is 10.5. The zero-order chi connectivity index (χ0) is 13.8.